The van der Waals surface area contributed by atoms with E-state index >= 15 is 0 Å². The van der Waals surface area contributed by atoms with Crippen LogP contribution in [0.4, 0.5) is 0 Å². The fourth-order valence-corrected chi connectivity index (χ4v) is 5.51. The Balaban J connectivity index is 1.08. The number of nitrogens with zero attached hydrogens (tertiary/aromatic N) is 4. The van der Waals surface area contributed by atoms with Crippen LogP contribution in [0.15, 0.2) is 60.9 Å². The number of hydrogen-bond donors (Lipinski definition) is 1. The van der Waals surface area contributed by atoms with Crippen molar-refractivity contribution in [1.29, 1.82) is 0 Å². The van der Waals surface area contributed by atoms with Crippen LogP contribution in [0, 0.1) is 6.92 Å². The van der Waals surface area contributed by atoms with Crippen molar-refractivity contribution >= 4 is 11.8 Å². The van der Waals surface area contributed by atoms with E-state index in [1.54, 1.807) is 4.90 Å². The summed E-state index contributed by atoms with van der Waals surface area (Å²) >= 11 is 0. The SMILES string of the molecule is C=C1CCC(N2Cc3c(OCc4ccc(CN5CCn6cc(C)nc6C5)cc4)cccc3C2=O)C(=O)N1. The van der Waals surface area contributed by atoms with Crippen LogP contribution in [-0.4, -0.2) is 43.8 Å². The van der Waals surface area contributed by atoms with E-state index in [9.17, 15) is 9.59 Å². The first-order chi connectivity index (χ1) is 17.9. The molecule has 2 amide bonds. The molecule has 0 radical (unpaired) electrons. The van der Waals surface area contributed by atoms with Gasteiger partial charge in [0.05, 0.1) is 18.8 Å². The molecule has 8 nitrogen and oxygen atoms in total. The predicted octanol–water partition coefficient (Wildman–Crippen LogP) is 3.53. The lowest BCUT2D eigenvalue weighted by atomic mass is 10.0. The van der Waals surface area contributed by atoms with Gasteiger partial charge in [-0.1, -0.05) is 36.9 Å². The molecule has 3 aliphatic rings. The fourth-order valence-electron chi connectivity index (χ4n) is 5.51. The summed E-state index contributed by atoms with van der Waals surface area (Å²) in [6.45, 7) is 10.4. The van der Waals surface area contributed by atoms with Gasteiger partial charge in [-0.3, -0.25) is 14.5 Å². The maximum atomic E-state index is 13.1. The number of hydrogen-bond acceptors (Lipinski definition) is 5. The Morgan fingerprint density at radius 3 is 2.70 bits per heavy atom. The van der Waals surface area contributed by atoms with Crippen LogP contribution >= 0.6 is 0 Å². The maximum Gasteiger partial charge on any atom is 0.255 e. The van der Waals surface area contributed by atoms with Gasteiger partial charge in [0.2, 0.25) is 5.91 Å². The molecule has 1 fully saturated rings. The average Bonchev–Trinajstić information content (AvgIpc) is 3.42. The van der Waals surface area contributed by atoms with Crippen molar-refractivity contribution in [2.45, 2.75) is 58.6 Å². The number of benzene rings is 2. The van der Waals surface area contributed by atoms with Crippen LogP contribution < -0.4 is 10.1 Å². The standard InChI is InChI=1S/C29H31N5O3/c1-19-6-11-25(28(35)31-19)34-16-24-23(29(34)36)4-3-5-26(24)37-18-22-9-7-21(8-10-22)15-32-12-13-33-14-20(2)30-27(33)17-32/h3-5,7-10,14,25H,1,6,11-13,15-18H2,2H3,(H,31,35). The fraction of sp³-hybridized carbons (Fsp3) is 0.345. The van der Waals surface area contributed by atoms with Gasteiger partial charge in [0, 0.05) is 42.7 Å². The number of allylic oxidation sites excluding steroid dienone is 1. The quantitative estimate of drug-likeness (QED) is 0.564. The molecule has 3 aromatic rings. The Labute approximate surface area is 216 Å². The Hall–Kier alpha value is -3.91. The second kappa shape index (κ2) is 9.52. The predicted molar refractivity (Wildman–Crippen MR) is 138 cm³/mol. The van der Waals surface area contributed by atoms with Crippen LogP contribution in [-0.2, 0) is 37.6 Å². The van der Waals surface area contributed by atoms with Crippen molar-refractivity contribution in [2.75, 3.05) is 6.54 Å². The molecule has 0 spiro atoms. The molecule has 8 heteroatoms. The Morgan fingerprint density at radius 1 is 1.08 bits per heavy atom. The summed E-state index contributed by atoms with van der Waals surface area (Å²) in [4.78, 5) is 34.3. The van der Waals surface area contributed by atoms with Gasteiger partial charge in [0.15, 0.2) is 0 Å². The highest BCUT2D eigenvalue weighted by atomic mass is 16.5. The number of rotatable bonds is 6. The number of imidazole rings is 1. The monoisotopic (exact) mass is 497 g/mol. The molecule has 1 atom stereocenters. The van der Waals surface area contributed by atoms with Crippen LogP contribution in [0.1, 0.15) is 51.4 Å². The lowest BCUT2D eigenvalue weighted by Crippen LogP contribution is -2.49. The van der Waals surface area contributed by atoms with Gasteiger partial charge in [0.25, 0.3) is 5.91 Å². The third kappa shape index (κ3) is 4.64. The molecule has 1 saturated heterocycles. The molecule has 1 unspecified atom stereocenters. The summed E-state index contributed by atoms with van der Waals surface area (Å²) in [5.74, 6) is 1.55. The van der Waals surface area contributed by atoms with Gasteiger partial charge >= 0.3 is 0 Å². The first kappa shape index (κ1) is 23.5. The zero-order valence-corrected chi connectivity index (χ0v) is 21.1. The minimum atomic E-state index is -0.477. The lowest BCUT2D eigenvalue weighted by molar-refractivity contribution is -0.126. The van der Waals surface area contributed by atoms with Crippen LogP contribution in [0.3, 0.4) is 0 Å². The summed E-state index contributed by atoms with van der Waals surface area (Å²) in [6.07, 6.45) is 3.39. The van der Waals surface area contributed by atoms with Crippen molar-refractivity contribution in [3.63, 3.8) is 0 Å². The van der Waals surface area contributed by atoms with Crippen molar-refractivity contribution < 1.29 is 14.3 Å². The van der Waals surface area contributed by atoms with Gasteiger partial charge in [-0.05, 0) is 43.0 Å². The molecule has 1 aromatic heterocycles. The smallest absolute Gasteiger partial charge is 0.255 e. The van der Waals surface area contributed by atoms with E-state index in [0.717, 1.165) is 48.8 Å². The summed E-state index contributed by atoms with van der Waals surface area (Å²) in [7, 11) is 0. The second-order valence-electron chi connectivity index (χ2n) is 10.2. The number of piperidine rings is 1. The van der Waals surface area contributed by atoms with Gasteiger partial charge < -0.3 is 19.5 Å². The van der Waals surface area contributed by atoms with Crippen LogP contribution in [0.5, 0.6) is 5.75 Å². The number of aryl methyl sites for hydroxylation is 1. The van der Waals surface area contributed by atoms with E-state index in [0.29, 0.717) is 43.0 Å². The molecule has 37 heavy (non-hydrogen) atoms. The minimum Gasteiger partial charge on any atom is -0.489 e. The number of nitrogens with one attached hydrogen (secondary N) is 1. The Morgan fingerprint density at radius 2 is 1.89 bits per heavy atom. The maximum absolute atomic E-state index is 13.1. The molecule has 190 valence electrons. The van der Waals surface area contributed by atoms with Crippen LogP contribution in [0.2, 0.25) is 0 Å². The van der Waals surface area contributed by atoms with Crippen LogP contribution in [0.25, 0.3) is 0 Å². The first-order valence-corrected chi connectivity index (χ1v) is 12.8. The van der Waals surface area contributed by atoms with E-state index in [1.165, 1.54) is 5.56 Å². The molecule has 0 saturated carbocycles. The number of carbonyl (C=O) groups is 2. The number of aromatic nitrogens is 2. The highest BCUT2D eigenvalue weighted by molar-refractivity contribution is 6.02. The van der Waals surface area contributed by atoms with Crippen molar-refractivity contribution in [2.24, 2.45) is 0 Å². The largest absolute Gasteiger partial charge is 0.489 e. The summed E-state index contributed by atoms with van der Waals surface area (Å²) < 4.78 is 8.43. The Bertz CT molecular complexity index is 1380. The zero-order chi connectivity index (χ0) is 25.5. The highest BCUT2D eigenvalue weighted by Gasteiger charge is 2.39. The molecular weight excluding hydrogens is 466 g/mol. The number of amides is 2. The van der Waals surface area contributed by atoms with Crippen molar-refractivity contribution in [1.82, 2.24) is 24.7 Å². The molecular formula is C29H31N5O3. The van der Waals surface area contributed by atoms with E-state index in [1.807, 2.05) is 25.1 Å². The van der Waals surface area contributed by atoms with E-state index in [4.69, 9.17) is 4.74 Å². The summed E-state index contributed by atoms with van der Waals surface area (Å²) in [5, 5.41) is 2.78. The molecule has 0 aliphatic carbocycles. The molecule has 2 aromatic carbocycles. The number of carbonyl (C=O) groups excluding carboxylic acids is 2. The Kier molecular flexibility index (Phi) is 6.04. The summed E-state index contributed by atoms with van der Waals surface area (Å²) in [6, 6.07) is 13.6. The first-order valence-electron chi connectivity index (χ1n) is 12.8. The van der Waals surface area contributed by atoms with Gasteiger partial charge in [0.1, 0.15) is 24.2 Å². The summed E-state index contributed by atoms with van der Waals surface area (Å²) in [5.41, 5.74) is 5.57. The van der Waals surface area contributed by atoms with Crippen molar-refractivity contribution in [3.05, 3.63) is 94.7 Å². The molecule has 1 N–H and O–H groups in total. The normalized spacial score (nSPS) is 19.5. The number of ether oxygens (including phenoxy) is 1. The molecule has 4 heterocycles. The molecule has 6 rings (SSSR count). The number of fused-ring (bicyclic) bond motifs is 2. The van der Waals surface area contributed by atoms with E-state index < -0.39 is 6.04 Å². The van der Waals surface area contributed by atoms with Gasteiger partial charge in [-0.2, -0.15) is 0 Å². The highest BCUT2D eigenvalue weighted by Crippen LogP contribution is 2.34. The second-order valence-corrected chi connectivity index (χ2v) is 10.2. The lowest BCUT2D eigenvalue weighted by Gasteiger charge is -2.31. The molecule has 0 bridgehead atoms. The zero-order valence-electron chi connectivity index (χ0n) is 21.1. The minimum absolute atomic E-state index is 0.118. The van der Waals surface area contributed by atoms with Gasteiger partial charge in [-0.25, -0.2) is 4.98 Å². The third-order valence-electron chi connectivity index (χ3n) is 7.48. The van der Waals surface area contributed by atoms with Crippen molar-refractivity contribution in [3.8, 4) is 5.75 Å². The molecule has 3 aliphatic heterocycles. The third-order valence-corrected chi connectivity index (χ3v) is 7.48. The van der Waals surface area contributed by atoms with Gasteiger partial charge in [-0.15, -0.1) is 0 Å². The average molecular weight is 498 g/mol. The topological polar surface area (TPSA) is 79.7 Å². The van der Waals surface area contributed by atoms with E-state index in [2.05, 4.69) is 56.8 Å². The van der Waals surface area contributed by atoms with E-state index in [-0.39, 0.29) is 11.8 Å².